The van der Waals surface area contributed by atoms with Crippen LogP contribution in [0.25, 0.3) is 0 Å². The molecule has 0 saturated carbocycles. The Kier molecular flexibility index (Phi) is 4.75. The summed E-state index contributed by atoms with van der Waals surface area (Å²) in [6, 6.07) is 13.4. The van der Waals surface area contributed by atoms with Gasteiger partial charge in [-0.2, -0.15) is 0 Å². The number of aromatic nitrogens is 1. The van der Waals surface area contributed by atoms with Crippen LogP contribution in [0.2, 0.25) is 0 Å². The average Bonchev–Trinajstić information content (AvgIpc) is 3.13. The van der Waals surface area contributed by atoms with Gasteiger partial charge >= 0.3 is 0 Å². The van der Waals surface area contributed by atoms with E-state index in [1.807, 2.05) is 18.2 Å². The SMILES string of the molecule is N=Cc1cc(NC(=O)c2cncc(N)c2)cc(C2Cc3ccccc3S2)c1N. The molecule has 0 bridgehead atoms. The van der Waals surface area contributed by atoms with Crippen molar-refractivity contribution in [1.29, 1.82) is 5.41 Å². The van der Waals surface area contributed by atoms with Gasteiger partial charge in [0.15, 0.2) is 0 Å². The molecule has 0 saturated heterocycles. The number of carbonyl (C=O) groups excluding carboxylic acids is 1. The number of nitrogens with one attached hydrogen (secondary N) is 2. The number of fused-ring (bicyclic) bond motifs is 1. The standard InChI is InChI=1S/C21H19N5OS/c22-9-13-6-16(26-21(27)14-5-15(23)11-25-10-14)8-17(20(13)24)19-7-12-3-1-2-4-18(12)28-19/h1-6,8-11,19,22H,7,23-24H2,(H,26,27). The third-order valence-electron chi connectivity index (χ3n) is 4.67. The van der Waals surface area contributed by atoms with Crippen molar-refractivity contribution in [1.82, 2.24) is 4.98 Å². The van der Waals surface area contributed by atoms with Crippen molar-refractivity contribution in [3.05, 3.63) is 77.1 Å². The summed E-state index contributed by atoms with van der Waals surface area (Å²) < 4.78 is 0. The number of thioether (sulfide) groups is 1. The monoisotopic (exact) mass is 389 g/mol. The van der Waals surface area contributed by atoms with Gasteiger partial charge in [-0.3, -0.25) is 9.78 Å². The third-order valence-corrected chi connectivity index (χ3v) is 6.03. The number of amides is 1. The van der Waals surface area contributed by atoms with E-state index in [-0.39, 0.29) is 11.2 Å². The largest absolute Gasteiger partial charge is 0.398 e. The van der Waals surface area contributed by atoms with E-state index in [2.05, 4.69) is 22.4 Å². The molecule has 1 aromatic heterocycles. The number of nitrogen functional groups attached to an aromatic ring is 2. The van der Waals surface area contributed by atoms with Crippen LogP contribution >= 0.6 is 11.8 Å². The molecule has 0 spiro atoms. The molecule has 3 aromatic rings. The highest BCUT2D eigenvalue weighted by Crippen LogP contribution is 2.48. The Bertz CT molecular complexity index is 1060. The lowest BCUT2D eigenvalue weighted by atomic mass is 9.99. The molecular weight excluding hydrogens is 370 g/mol. The second-order valence-electron chi connectivity index (χ2n) is 6.59. The number of nitrogens with two attached hydrogens (primary N) is 2. The number of rotatable bonds is 4. The van der Waals surface area contributed by atoms with Crippen LogP contribution in [0, 0.1) is 5.41 Å². The van der Waals surface area contributed by atoms with Gasteiger partial charge in [0.05, 0.1) is 11.3 Å². The van der Waals surface area contributed by atoms with Gasteiger partial charge in [-0.15, -0.1) is 11.8 Å². The Morgan fingerprint density at radius 1 is 1.21 bits per heavy atom. The van der Waals surface area contributed by atoms with Crippen molar-refractivity contribution in [2.45, 2.75) is 16.6 Å². The lowest BCUT2D eigenvalue weighted by molar-refractivity contribution is 0.102. The molecule has 6 nitrogen and oxygen atoms in total. The highest BCUT2D eigenvalue weighted by atomic mass is 32.2. The van der Waals surface area contributed by atoms with Crippen LogP contribution in [0.1, 0.15) is 32.3 Å². The number of nitrogens with zero attached hydrogens (tertiary/aromatic N) is 1. The summed E-state index contributed by atoms with van der Waals surface area (Å²) in [5.41, 5.74) is 16.8. The predicted molar refractivity (Wildman–Crippen MR) is 114 cm³/mol. The minimum absolute atomic E-state index is 0.141. The summed E-state index contributed by atoms with van der Waals surface area (Å²) in [7, 11) is 0. The molecule has 4 rings (SSSR count). The molecule has 28 heavy (non-hydrogen) atoms. The van der Waals surface area contributed by atoms with Gasteiger partial charge in [0.25, 0.3) is 5.91 Å². The van der Waals surface area contributed by atoms with E-state index in [0.29, 0.717) is 28.2 Å². The third kappa shape index (κ3) is 3.44. The number of hydrogen-bond acceptors (Lipinski definition) is 6. The zero-order valence-corrected chi connectivity index (χ0v) is 15.8. The fourth-order valence-corrected chi connectivity index (χ4v) is 4.65. The maximum absolute atomic E-state index is 12.6. The van der Waals surface area contributed by atoms with Crippen molar-refractivity contribution in [3.8, 4) is 0 Å². The lowest BCUT2D eigenvalue weighted by Gasteiger charge is -2.17. The quantitative estimate of drug-likeness (QED) is 0.399. The van der Waals surface area contributed by atoms with Crippen LogP contribution in [-0.2, 0) is 6.42 Å². The second-order valence-corrected chi connectivity index (χ2v) is 7.84. The molecule has 0 aliphatic carbocycles. The molecule has 0 radical (unpaired) electrons. The molecule has 2 aromatic carbocycles. The van der Waals surface area contributed by atoms with E-state index in [1.54, 1.807) is 23.9 Å². The highest BCUT2D eigenvalue weighted by molar-refractivity contribution is 7.99. The molecule has 0 fully saturated rings. The first-order valence-corrected chi connectivity index (χ1v) is 9.63. The molecule has 1 aliphatic rings. The predicted octanol–water partition coefficient (Wildman–Crippen LogP) is 3.89. The first-order valence-electron chi connectivity index (χ1n) is 8.75. The maximum atomic E-state index is 12.6. The second kappa shape index (κ2) is 7.36. The minimum Gasteiger partial charge on any atom is -0.398 e. The zero-order chi connectivity index (χ0) is 19.7. The van der Waals surface area contributed by atoms with Crippen LogP contribution < -0.4 is 16.8 Å². The minimum atomic E-state index is -0.311. The van der Waals surface area contributed by atoms with E-state index >= 15 is 0 Å². The van der Waals surface area contributed by atoms with Gasteiger partial charge < -0.3 is 22.2 Å². The molecule has 1 aliphatic heterocycles. The smallest absolute Gasteiger partial charge is 0.257 e. The Morgan fingerprint density at radius 2 is 2.04 bits per heavy atom. The van der Waals surface area contributed by atoms with E-state index in [4.69, 9.17) is 16.9 Å². The topological polar surface area (TPSA) is 118 Å². The van der Waals surface area contributed by atoms with E-state index in [1.165, 1.54) is 29.1 Å². The molecule has 2 heterocycles. The lowest BCUT2D eigenvalue weighted by Crippen LogP contribution is -2.14. The number of carbonyl (C=O) groups is 1. The number of anilines is 3. The van der Waals surface area contributed by atoms with Crippen molar-refractivity contribution in [3.63, 3.8) is 0 Å². The molecule has 1 atom stereocenters. The van der Waals surface area contributed by atoms with Crippen molar-refractivity contribution >= 4 is 40.9 Å². The summed E-state index contributed by atoms with van der Waals surface area (Å²) in [6.07, 6.45) is 5.02. The van der Waals surface area contributed by atoms with Crippen LogP contribution in [0.4, 0.5) is 17.1 Å². The number of pyridine rings is 1. The molecule has 7 heteroatoms. The van der Waals surface area contributed by atoms with Gasteiger partial charge in [0.1, 0.15) is 0 Å². The first kappa shape index (κ1) is 18.1. The fourth-order valence-electron chi connectivity index (χ4n) is 3.30. The van der Waals surface area contributed by atoms with Crippen molar-refractivity contribution in [2.75, 3.05) is 16.8 Å². The van der Waals surface area contributed by atoms with E-state index < -0.39 is 0 Å². The van der Waals surface area contributed by atoms with Crippen LogP contribution in [0.15, 0.2) is 59.8 Å². The molecule has 6 N–H and O–H groups in total. The summed E-state index contributed by atoms with van der Waals surface area (Å²) in [5.74, 6) is -0.311. The van der Waals surface area contributed by atoms with Gasteiger partial charge in [-0.1, -0.05) is 18.2 Å². The summed E-state index contributed by atoms with van der Waals surface area (Å²) >= 11 is 1.75. The molecule has 1 unspecified atom stereocenters. The Hall–Kier alpha value is -3.32. The van der Waals surface area contributed by atoms with E-state index in [0.717, 1.165) is 12.0 Å². The van der Waals surface area contributed by atoms with Crippen LogP contribution in [0.3, 0.4) is 0 Å². The summed E-state index contributed by atoms with van der Waals surface area (Å²) in [6.45, 7) is 0. The fraction of sp³-hybridized carbons (Fsp3) is 0.0952. The Labute approximate surface area is 166 Å². The van der Waals surface area contributed by atoms with Crippen molar-refractivity contribution in [2.24, 2.45) is 0 Å². The van der Waals surface area contributed by atoms with Gasteiger partial charge in [-0.05, 0) is 41.8 Å². The summed E-state index contributed by atoms with van der Waals surface area (Å²) in [5, 5.41) is 10.7. The maximum Gasteiger partial charge on any atom is 0.257 e. The molecular formula is C21H19N5OS. The van der Waals surface area contributed by atoms with Gasteiger partial charge in [0, 0.05) is 45.7 Å². The van der Waals surface area contributed by atoms with E-state index in [9.17, 15) is 4.79 Å². The normalized spacial score (nSPS) is 15.1. The average molecular weight is 389 g/mol. The Balaban J connectivity index is 1.65. The summed E-state index contributed by atoms with van der Waals surface area (Å²) in [4.78, 5) is 17.8. The Morgan fingerprint density at radius 3 is 2.79 bits per heavy atom. The first-order chi connectivity index (χ1) is 13.5. The van der Waals surface area contributed by atoms with Gasteiger partial charge in [-0.25, -0.2) is 0 Å². The number of hydrogen-bond donors (Lipinski definition) is 4. The van der Waals surface area contributed by atoms with Crippen LogP contribution in [0.5, 0.6) is 0 Å². The molecule has 1 amide bonds. The highest BCUT2D eigenvalue weighted by Gasteiger charge is 2.26. The van der Waals surface area contributed by atoms with Crippen molar-refractivity contribution < 1.29 is 4.79 Å². The van der Waals surface area contributed by atoms with Crippen LogP contribution in [-0.4, -0.2) is 17.1 Å². The zero-order valence-electron chi connectivity index (χ0n) is 15.0. The van der Waals surface area contributed by atoms with Gasteiger partial charge in [0.2, 0.25) is 0 Å². The molecule has 140 valence electrons. The number of benzene rings is 2.